The topological polar surface area (TPSA) is 29.5 Å². The molecule has 0 saturated carbocycles. The molecular weight excluding hydrogens is 188 g/mol. The van der Waals surface area contributed by atoms with Gasteiger partial charge in [0.05, 0.1) is 12.4 Å². The summed E-state index contributed by atoms with van der Waals surface area (Å²) in [4.78, 5) is 0. The zero-order chi connectivity index (χ0) is 9.84. The smallest absolute Gasteiger partial charge is 0.118 e. The molecular formula is C10H15ClO2. The highest BCUT2D eigenvalue weighted by Crippen LogP contribution is 2.28. The molecule has 1 N–H and O–H groups in total. The van der Waals surface area contributed by atoms with Crippen LogP contribution in [0.25, 0.3) is 0 Å². The van der Waals surface area contributed by atoms with Gasteiger partial charge in [-0.1, -0.05) is 18.5 Å². The van der Waals surface area contributed by atoms with Crippen LogP contribution >= 0.6 is 11.6 Å². The molecule has 0 saturated heterocycles. The number of hydrogen-bond donors (Lipinski definition) is 1. The molecule has 0 aromatic rings. The predicted octanol–water partition coefficient (Wildman–Crippen LogP) is 2.43. The number of aliphatic hydroxyl groups excluding tert-OH is 1. The number of rotatable bonds is 3. The van der Waals surface area contributed by atoms with Gasteiger partial charge in [-0.2, -0.15) is 0 Å². The van der Waals surface area contributed by atoms with Crippen molar-refractivity contribution >= 4 is 11.6 Å². The fraction of sp³-hybridized carbons (Fsp3) is 0.600. The van der Waals surface area contributed by atoms with E-state index in [1.165, 1.54) is 0 Å². The van der Waals surface area contributed by atoms with Gasteiger partial charge in [0, 0.05) is 11.0 Å². The van der Waals surface area contributed by atoms with Crippen molar-refractivity contribution < 1.29 is 9.84 Å². The lowest BCUT2D eigenvalue weighted by Crippen LogP contribution is -2.17. The Labute approximate surface area is 83.8 Å². The molecule has 0 aromatic carbocycles. The van der Waals surface area contributed by atoms with Crippen LogP contribution in [0.15, 0.2) is 22.9 Å². The van der Waals surface area contributed by atoms with Gasteiger partial charge in [-0.15, -0.1) is 0 Å². The first-order chi connectivity index (χ1) is 6.13. The second-order valence-electron chi connectivity index (χ2n) is 3.40. The number of ether oxygens (including phenoxy) is 1. The monoisotopic (exact) mass is 202 g/mol. The summed E-state index contributed by atoms with van der Waals surface area (Å²) >= 11 is 5.86. The van der Waals surface area contributed by atoms with Crippen molar-refractivity contribution in [1.29, 1.82) is 0 Å². The fourth-order valence-corrected chi connectivity index (χ4v) is 1.52. The van der Waals surface area contributed by atoms with E-state index in [2.05, 4.69) is 6.92 Å². The van der Waals surface area contributed by atoms with E-state index in [-0.39, 0.29) is 12.7 Å². The van der Waals surface area contributed by atoms with Crippen molar-refractivity contribution in [1.82, 2.24) is 0 Å². The Morgan fingerprint density at radius 1 is 1.69 bits per heavy atom. The van der Waals surface area contributed by atoms with Gasteiger partial charge in [-0.25, -0.2) is 0 Å². The summed E-state index contributed by atoms with van der Waals surface area (Å²) in [6, 6.07) is 0. The van der Waals surface area contributed by atoms with Gasteiger partial charge in [0.25, 0.3) is 0 Å². The lowest BCUT2D eigenvalue weighted by molar-refractivity contribution is 0.0576. The summed E-state index contributed by atoms with van der Waals surface area (Å²) in [5, 5.41) is 9.67. The van der Waals surface area contributed by atoms with Crippen LogP contribution < -0.4 is 0 Å². The van der Waals surface area contributed by atoms with E-state index in [4.69, 9.17) is 21.4 Å². The number of hydrogen-bond acceptors (Lipinski definition) is 2. The third kappa shape index (κ3) is 3.05. The van der Waals surface area contributed by atoms with Gasteiger partial charge < -0.3 is 9.84 Å². The van der Waals surface area contributed by atoms with Gasteiger partial charge in [0.2, 0.25) is 0 Å². The summed E-state index contributed by atoms with van der Waals surface area (Å²) in [6.45, 7) is 3.94. The van der Waals surface area contributed by atoms with Crippen LogP contribution in [-0.2, 0) is 4.74 Å². The van der Waals surface area contributed by atoms with Crippen molar-refractivity contribution in [2.24, 2.45) is 5.92 Å². The third-order valence-corrected chi connectivity index (χ3v) is 2.29. The Kier molecular flexibility index (Phi) is 3.82. The van der Waals surface area contributed by atoms with Crippen LogP contribution in [0.4, 0.5) is 0 Å². The maximum atomic E-state index is 8.81. The van der Waals surface area contributed by atoms with Crippen molar-refractivity contribution in [2.75, 3.05) is 6.61 Å². The van der Waals surface area contributed by atoms with Crippen molar-refractivity contribution in [3.8, 4) is 0 Å². The van der Waals surface area contributed by atoms with E-state index in [1.807, 2.05) is 19.1 Å². The molecule has 1 rings (SSSR count). The summed E-state index contributed by atoms with van der Waals surface area (Å²) < 4.78 is 5.51. The molecule has 1 aliphatic rings. The van der Waals surface area contributed by atoms with Crippen LogP contribution in [0.1, 0.15) is 20.3 Å². The average Bonchev–Trinajstić information content (AvgIpc) is 2.09. The Bertz CT molecular complexity index is 233. The van der Waals surface area contributed by atoms with E-state index in [0.717, 1.165) is 17.2 Å². The number of aliphatic hydroxyl groups is 1. The normalized spacial score (nSPS) is 24.8. The Balaban J connectivity index is 2.58. The van der Waals surface area contributed by atoms with Crippen molar-refractivity contribution in [2.45, 2.75) is 26.4 Å². The molecule has 74 valence electrons. The van der Waals surface area contributed by atoms with Gasteiger partial charge in [0.1, 0.15) is 6.10 Å². The molecule has 0 bridgehead atoms. The summed E-state index contributed by atoms with van der Waals surface area (Å²) in [6.07, 6.45) is 4.41. The highest BCUT2D eigenvalue weighted by Gasteiger charge is 2.16. The zero-order valence-corrected chi connectivity index (χ0v) is 8.71. The van der Waals surface area contributed by atoms with Crippen LogP contribution in [0.3, 0.4) is 0 Å². The first-order valence-corrected chi connectivity index (χ1v) is 4.85. The minimum absolute atomic E-state index is 0.0432. The molecule has 0 spiro atoms. The van der Waals surface area contributed by atoms with Crippen molar-refractivity contribution in [3.05, 3.63) is 22.9 Å². The second-order valence-corrected chi connectivity index (χ2v) is 3.88. The first kappa shape index (κ1) is 10.6. The Hall–Kier alpha value is -0.470. The molecule has 0 amide bonds. The maximum Gasteiger partial charge on any atom is 0.118 e. The molecule has 2 atom stereocenters. The molecule has 0 radical (unpaired) electrons. The van der Waals surface area contributed by atoms with Crippen LogP contribution in [0, 0.1) is 5.92 Å². The lowest BCUT2D eigenvalue weighted by atomic mass is 10.0. The quantitative estimate of drug-likeness (QED) is 0.762. The van der Waals surface area contributed by atoms with E-state index in [1.54, 1.807) is 0 Å². The molecule has 0 aromatic heterocycles. The van der Waals surface area contributed by atoms with Crippen molar-refractivity contribution in [3.63, 3.8) is 0 Å². The first-order valence-electron chi connectivity index (χ1n) is 4.47. The van der Waals surface area contributed by atoms with Gasteiger partial charge in [-0.05, 0) is 25.5 Å². The predicted molar refractivity (Wildman–Crippen MR) is 53.4 cm³/mol. The molecule has 3 heteroatoms. The lowest BCUT2D eigenvalue weighted by Gasteiger charge is -2.22. The van der Waals surface area contributed by atoms with Crippen LogP contribution in [0.5, 0.6) is 0 Å². The minimum Gasteiger partial charge on any atom is -0.492 e. The highest BCUT2D eigenvalue weighted by atomic mass is 35.5. The molecule has 0 heterocycles. The molecule has 2 nitrogen and oxygen atoms in total. The second kappa shape index (κ2) is 4.68. The van der Waals surface area contributed by atoms with Crippen LogP contribution in [-0.4, -0.2) is 17.8 Å². The van der Waals surface area contributed by atoms with Gasteiger partial charge in [0.15, 0.2) is 0 Å². The molecule has 13 heavy (non-hydrogen) atoms. The summed E-state index contributed by atoms with van der Waals surface area (Å²) in [7, 11) is 0. The fourth-order valence-electron chi connectivity index (χ4n) is 1.22. The van der Waals surface area contributed by atoms with Crippen LogP contribution in [0.2, 0.25) is 0 Å². The zero-order valence-electron chi connectivity index (χ0n) is 7.96. The third-order valence-electron chi connectivity index (χ3n) is 2.01. The number of halogens is 1. The maximum absolute atomic E-state index is 8.81. The highest BCUT2D eigenvalue weighted by molar-refractivity contribution is 6.29. The molecule has 0 fully saturated rings. The largest absolute Gasteiger partial charge is 0.492 e. The van der Waals surface area contributed by atoms with Gasteiger partial charge in [-0.3, -0.25) is 0 Å². The Morgan fingerprint density at radius 2 is 2.38 bits per heavy atom. The minimum atomic E-state index is -0.140. The molecule has 1 unspecified atom stereocenters. The van der Waals surface area contributed by atoms with E-state index >= 15 is 0 Å². The summed E-state index contributed by atoms with van der Waals surface area (Å²) in [5.74, 6) is 1.22. The molecule has 0 aliphatic heterocycles. The Morgan fingerprint density at radius 3 is 2.92 bits per heavy atom. The van der Waals surface area contributed by atoms with E-state index in [0.29, 0.717) is 5.92 Å². The standard InChI is InChI=1S/C10H15ClO2/c1-7-5-9(11)3-4-10(7)13-8(2)6-12/h3-4,7-8,12H,5-6H2,1-2H3/t7-,8?/m0/s1. The van der Waals surface area contributed by atoms with E-state index < -0.39 is 0 Å². The SMILES string of the molecule is CC(CO)OC1=CC=C(Cl)C[C@@H]1C. The van der Waals surface area contributed by atoms with Gasteiger partial charge >= 0.3 is 0 Å². The summed E-state index contributed by atoms with van der Waals surface area (Å²) in [5.41, 5.74) is 0. The average molecular weight is 203 g/mol. The van der Waals surface area contributed by atoms with E-state index in [9.17, 15) is 0 Å². The number of allylic oxidation sites excluding steroid dienone is 4. The molecule has 1 aliphatic carbocycles.